The molecule has 4 aromatic rings. The summed E-state index contributed by atoms with van der Waals surface area (Å²) in [5.41, 5.74) is 2.13. The van der Waals surface area contributed by atoms with Crippen molar-refractivity contribution in [1.82, 2.24) is 19.5 Å². The van der Waals surface area contributed by atoms with E-state index < -0.39 is 21.6 Å². The lowest BCUT2D eigenvalue weighted by molar-refractivity contribution is 0.296. The summed E-state index contributed by atoms with van der Waals surface area (Å²) < 4.78 is 42.3. The van der Waals surface area contributed by atoms with Crippen molar-refractivity contribution in [2.45, 2.75) is 13.0 Å². The number of aromatic amines is 1. The third-order valence-electron chi connectivity index (χ3n) is 5.43. The Morgan fingerprint density at radius 1 is 1.09 bits per heavy atom. The molecule has 0 saturated carbocycles. The van der Waals surface area contributed by atoms with Gasteiger partial charge in [-0.2, -0.15) is 0 Å². The summed E-state index contributed by atoms with van der Waals surface area (Å²) >= 11 is 0. The molecule has 0 saturated heterocycles. The molecule has 35 heavy (non-hydrogen) atoms. The lowest BCUT2D eigenvalue weighted by Crippen LogP contribution is -2.29. The fourth-order valence-electron chi connectivity index (χ4n) is 3.93. The van der Waals surface area contributed by atoms with Gasteiger partial charge in [0.25, 0.3) is 5.88 Å². The Hall–Kier alpha value is -3.86. The van der Waals surface area contributed by atoms with E-state index in [-0.39, 0.29) is 11.6 Å². The number of methoxy groups -OCH3 is 2. The molecule has 1 aromatic carbocycles. The number of hydrogen-bond acceptors (Lipinski definition) is 8. The number of pyridine rings is 2. The van der Waals surface area contributed by atoms with Crippen molar-refractivity contribution in [3.63, 3.8) is 0 Å². The lowest BCUT2D eigenvalue weighted by Gasteiger charge is -2.19. The Morgan fingerprint density at radius 2 is 1.83 bits per heavy atom. The van der Waals surface area contributed by atoms with Gasteiger partial charge >= 0.3 is 5.69 Å². The van der Waals surface area contributed by atoms with E-state index in [9.17, 15) is 13.2 Å². The van der Waals surface area contributed by atoms with Crippen molar-refractivity contribution in [2.24, 2.45) is 0 Å². The van der Waals surface area contributed by atoms with Crippen molar-refractivity contribution >= 4 is 21.0 Å². The maximum Gasteiger partial charge on any atom is 0.328 e. The molecular formula is C24H26N4O6S. The Kier molecular flexibility index (Phi) is 6.79. The zero-order chi connectivity index (χ0) is 25.2. The minimum atomic E-state index is -3.51. The molecule has 0 aliphatic carbocycles. The molecule has 1 N–H and O–H groups in total. The molecule has 0 amide bonds. The van der Waals surface area contributed by atoms with Crippen molar-refractivity contribution in [3.8, 4) is 28.5 Å². The summed E-state index contributed by atoms with van der Waals surface area (Å²) in [6.45, 7) is 2.14. The van der Waals surface area contributed by atoms with Crippen LogP contribution in [0.2, 0.25) is 0 Å². The van der Waals surface area contributed by atoms with Crippen LogP contribution in [-0.4, -0.2) is 60.8 Å². The van der Waals surface area contributed by atoms with Gasteiger partial charge in [-0.25, -0.2) is 23.2 Å². The average Bonchev–Trinajstić information content (AvgIpc) is 3.16. The minimum Gasteiger partial charge on any atom is -0.496 e. The first-order chi connectivity index (χ1) is 16.8. The number of aromatic nitrogens is 4. The second kappa shape index (κ2) is 9.79. The van der Waals surface area contributed by atoms with Crippen LogP contribution in [0.15, 0.2) is 53.5 Å². The van der Waals surface area contributed by atoms with E-state index in [0.717, 1.165) is 17.4 Å². The third kappa shape index (κ3) is 4.99. The van der Waals surface area contributed by atoms with Crippen molar-refractivity contribution < 1.29 is 22.6 Å². The SMILES string of the molecule is CCOc1nc(C(CS(C)(=O)=O)n2c(=O)[nH]c3cc(-c4ccccc4OC)cnc32)ccc1OC. The fourth-order valence-corrected chi connectivity index (χ4v) is 4.83. The van der Waals surface area contributed by atoms with Gasteiger partial charge in [-0.3, -0.25) is 4.57 Å². The predicted molar refractivity (Wildman–Crippen MR) is 132 cm³/mol. The van der Waals surface area contributed by atoms with Crippen molar-refractivity contribution in [3.05, 3.63) is 64.8 Å². The molecule has 1 atom stereocenters. The van der Waals surface area contributed by atoms with Crippen LogP contribution in [0.25, 0.3) is 22.3 Å². The minimum absolute atomic E-state index is 0.213. The van der Waals surface area contributed by atoms with Crippen LogP contribution in [0.1, 0.15) is 18.7 Å². The van der Waals surface area contributed by atoms with Crippen molar-refractivity contribution in [1.29, 1.82) is 0 Å². The first-order valence-corrected chi connectivity index (χ1v) is 12.9. The monoisotopic (exact) mass is 498 g/mol. The van der Waals surface area contributed by atoms with Crippen LogP contribution >= 0.6 is 0 Å². The summed E-state index contributed by atoms with van der Waals surface area (Å²) in [7, 11) is -0.447. The van der Waals surface area contributed by atoms with E-state index in [1.807, 2.05) is 24.3 Å². The number of fused-ring (bicyclic) bond motifs is 1. The highest BCUT2D eigenvalue weighted by Crippen LogP contribution is 2.32. The number of imidazole rings is 1. The first kappa shape index (κ1) is 24.3. The van der Waals surface area contributed by atoms with Gasteiger partial charge in [-0.05, 0) is 31.2 Å². The van der Waals surface area contributed by atoms with Gasteiger partial charge < -0.3 is 19.2 Å². The molecule has 0 fully saturated rings. The maximum atomic E-state index is 13.1. The number of para-hydroxylation sites is 1. The summed E-state index contributed by atoms with van der Waals surface area (Å²) in [5.74, 6) is 0.918. The zero-order valence-electron chi connectivity index (χ0n) is 19.8. The van der Waals surface area contributed by atoms with Gasteiger partial charge in [0.1, 0.15) is 15.6 Å². The molecule has 0 aliphatic rings. The predicted octanol–water partition coefficient (Wildman–Crippen LogP) is 2.84. The van der Waals surface area contributed by atoms with Crippen LogP contribution in [0.5, 0.6) is 17.4 Å². The number of nitrogens with one attached hydrogen (secondary N) is 1. The van der Waals surface area contributed by atoms with Gasteiger partial charge in [-0.15, -0.1) is 0 Å². The summed E-state index contributed by atoms with van der Waals surface area (Å²) in [6.07, 6.45) is 2.73. The van der Waals surface area contributed by atoms with Crippen molar-refractivity contribution in [2.75, 3.05) is 32.8 Å². The Balaban J connectivity index is 1.88. The zero-order valence-corrected chi connectivity index (χ0v) is 20.6. The Morgan fingerprint density at radius 3 is 2.51 bits per heavy atom. The smallest absolute Gasteiger partial charge is 0.328 e. The molecule has 3 heterocycles. The number of H-pyrrole nitrogens is 1. The van der Waals surface area contributed by atoms with E-state index in [2.05, 4.69) is 15.0 Å². The van der Waals surface area contributed by atoms with Gasteiger partial charge in [0.2, 0.25) is 0 Å². The Labute approximate surface area is 202 Å². The maximum absolute atomic E-state index is 13.1. The topological polar surface area (TPSA) is 125 Å². The number of hydrogen-bond donors (Lipinski definition) is 1. The highest BCUT2D eigenvalue weighted by molar-refractivity contribution is 7.90. The summed E-state index contributed by atoms with van der Waals surface area (Å²) in [6, 6.07) is 11.6. The average molecular weight is 499 g/mol. The van der Waals surface area contributed by atoms with Gasteiger partial charge in [0, 0.05) is 23.6 Å². The molecule has 1 unspecified atom stereocenters. The highest BCUT2D eigenvalue weighted by atomic mass is 32.2. The normalized spacial score (nSPS) is 12.5. The number of rotatable bonds is 9. The van der Waals surface area contributed by atoms with Crippen LogP contribution in [0.3, 0.4) is 0 Å². The summed E-state index contributed by atoms with van der Waals surface area (Å²) in [5, 5.41) is 0. The van der Waals surface area contributed by atoms with Crippen LogP contribution in [0, 0.1) is 0 Å². The summed E-state index contributed by atoms with van der Waals surface area (Å²) in [4.78, 5) is 24.9. The standard InChI is InChI=1S/C24H26N4O6S/c1-5-34-23-21(33-3)11-10-17(26-23)19(14-35(4,30)31)28-22-18(27-24(28)29)12-15(13-25-22)16-8-6-7-9-20(16)32-2/h6-13,19H,5,14H2,1-4H3,(H,27,29). The van der Waals surface area contributed by atoms with E-state index in [1.54, 1.807) is 38.4 Å². The number of ether oxygens (including phenoxy) is 3. The number of nitrogens with zero attached hydrogens (tertiary/aromatic N) is 3. The molecule has 0 radical (unpaired) electrons. The molecule has 3 aromatic heterocycles. The first-order valence-electron chi connectivity index (χ1n) is 10.8. The molecule has 10 nitrogen and oxygen atoms in total. The largest absolute Gasteiger partial charge is 0.496 e. The molecule has 11 heteroatoms. The molecule has 4 rings (SSSR count). The quantitative estimate of drug-likeness (QED) is 0.373. The molecule has 0 bridgehead atoms. The third-order valence-corrected chi connectivity index (χ3v) is 6.36. The molecule has 0 spiro atoms. The fraction of sp³-hybridized carbons (Fsp3) is 0.292. The number of sulfone groups is 1. The van der Waals surface area contributed by atoms with Crippen LogP contribution in [-0.2, 0) is 9.84 Å². The molecular weight excluding hydrogens is 472 g/mol. The molecule has 184 valence electrons. The highest BCUT2D eigenvalue weighted by Gasteiger charge is 2.27. The van der Waals surface area contributed by atoms with E-state index in [1.165, 1.54) is 11.7 Å². The lowest BCUT2D eigenvalue weighted by atomic mass is 10.1. The van der Waals surface area contributed by atoms with Gasteiger partial charge in [0.05, 0.1) is 43.8 Å². The van der Waals surface area contributed by atoms with Gasteiger partial charge in [-0.1, -0.05) is 18.2 Å². The van der Waals surface area contributed by atoms with E-state index in [4.69, 9.17) is 14.2 Å². The van der Waals surface area contributed by atoms with Gasteiger partial charge in [0.15, 0.2) is 11.4 Å². The van der Waals surface area contributed by atoms with Crippen LogP contribution in [0.4, 0.5) is 0 Å². The van der Waals surface area contributed by atoms with E-state index in [0.29, 0.717) is 35.0 Å². The second-order valence-electron chi connectivity index (χ2n) is 7.88. The Bertz CT molecular complexity index is 1530. The molecule has 0 aliphatic heterocycles. The number of benzene rings is 1. The second-order valence-corrected chi connectivity index (χ2v) is 10.1. The van der Waals surface area contributed by atoms with Crippen LogP contribution < -0.4 is 19.9 Å². The van der Waals surface area contributed by atoms with E-state index >= 15 is 0 Å².